The summed E-state index contributed by atoms with van der Waals surface area (Å²) in [5, 5.41) is 0. The van der Waals surface area contributed by atoms with Crippen LogP contribution in [-0.2, 0) is 19.1 Å². The summed E-state index contributed by atoms with van der Waals surface area (Å²) in [5.74, 6) is -0.296. The van der Waals surface area contributed by atoms with Gasteiger partial charge in [0.15, 0.2) is 0 Å². The SMILES string of the molecule is COC(=O)C1CC(OCC2CC2)CN1C(=O)C(c1ccccc1)c1ccccc1. The van der Waals surface area contributed by atoms with Crippen molar-refractivity contribution in [3.05, 3.63) is 71.8 Å². The van der Waals surface area contributed by atoms with Crippen LogP contribution in [0.25, 0.3) is 0 Å². The molecule has 2 fully saturated rings. The Bertz CT molecular complexity index is 795. The first kappa shape index (κ1) is 19.6. The molecular weight excluding hydrogens is 366 g/mol. The standard InChI is InChI=1S/C24H27NO4/c1-28-24(27)21-14-20(29-16-17-12-13-17)15-25(21)23(26)22(18-8-4-2-5-9-18)19-10-6-3-7-11-19/h2-11,17,20-22H,12-16H2,1H3. The minimum atomic E-state index is -0.605. The van der Waals surface area contributed by atoms with Crippen molar-refractivity contribution < 1.29 is 19.1 Å². The van der Waals surface area contributed by atoms with Gasteiger partial charge in [-0.3, -0.25) is 4.79 Å². The predicted molar refractivity (Wildman–Crippen MR) is 109 cm³/mol. The summed E-state index contributed by atoms with van der Waals surface area (Å²) in [4.78, 5) is 27.8. The Hall–Kier alpha value is -2.66. The molecule has 2 unspecified atom stereocenters. The second-order valence-corrected chi connectivity index (χ2v) is 7.92. The summed E-state index contributed by atoms with van der Waals surface area (Å²) in [5.41, 5.74) is 1.82. The maximum atomic E-state index is 13.7. The number of hydrogen-bond donors (Lipinski definition) is 0. The molecule has 0 aromatic heterocycles. The lowest BCUT2D eigenvalue weighted by Crippen LogP contribution is -2.43. The first-order chi connectivity index (χ1) is 14.2. The summed E-state index contributed by atoms with van der Waals surface area (Å²) in [6.07, 6.45) is 2.78. The largest absolute Gasteiger partial charge is 0.467 e. The van der Waals surface area contributed by atoms with Gasteiger partial charge in [-0.2, -0.15) is 0 Å². The summed E-state index contributed by atoms with van der Waals surface area (Å²) >= 11 is 0. The average Bonchev–Trinajstić information content (AvgIpc) is 3.50. The Morgan fingerprint density at radius 2 is 1.59 bits per heavy atom. The van der Waals surface area contributed by atoms with E-state index >= 15 is 0 Å². The highest BCUT2D eigenvalue weighted by Gasteiger charge is 2.43. The first-order valence-electron chi connectivity index (χ1n) is 10.3. The van der Waals surface area contributed by atoms with Crippen LogP contribution in [0.4, 0.5) is 0 Å². The highest BCUT2D eigenvalue weighted by atomic mass is 16.5. The van der Waals surface area contributed by atoms with Crippen molar-refractivity contribution in [3.63, 3.8) is 0 Å². The van der Waals surface area contributed by atoms with Crippen LogP contribution in [0.3, 0.4) is 0 Å². The quantitative estimate of drug-likeness (QED) is 0.677. The number of ether oxygens (including phenoxy) is 2. The van der Waals surface area contributed by atoms with Crippen molar-refractivity contribution in [2.24, 2.45) is 5.92 Å². The lowest BCUT2D eigenvalue weighted by atomic mass is 9.90. The molecule has 1 saturated carbocycles. The molecule has 0 radical (unpaired) electrons. The Labute approximate surface area is 171 Å². The summed E-state index contributed by atoms with van der Waals surface area (Å²) < 4.78 is 11.0. The fraction of sp³-hybridized carbons (Fsp3) is 0.417. The third-order valence-electron chi connectivity index (χ3n) is 5.80. The molecular formula is C24H27NO4. The van der Waals surface area contributed by atoms with Gasteiger partial charge in [0.2, 0.25) is 5.91 Å². The number of rotatable bonds is 7. The van der Waals surface area contributed by atoms with Crippen LogP contribution < -0.4 is 0 Å². The second-order valence-electron chi connectivity index (χ2n) is 7.92. The first-order valence-corrected chi connectivity index (χ1v) is 10.3. The zero-order valence-electron chi connectivity index (χ0n) is 16.7. The molecule has 1 saturated heterocycles. The molecule has 0 spiro atoms. The summed E-state index contributed by atoms with van der Waals surface area (Å²) in [7, 11) is 1.37. The second kappa shape index (κ2) is 8.78. The van der Waals surface area contributed by atoms with E-state index in [0.717, 1.165) is 11.1 Å². The molecule has 1 amide bonds. The van der Waals surface area contributed by atoms with Gasteiger partial charge in [-0.15, -0.1) is 0 Å². The molecule has 1 aliphatic heterocycles. The lowest BCUT2D eigenvalue weighted by Gasteiger charge is -2.28. The third-order valence-corrected chi connectivity index (χ3v) is 5.80. The van der Waals surface area contributed by atoms with Crippen molar-refractivity contribution in [2.75, 3.05) is 20.3 Å². The minimum absolute atomic E-state index is 0.0877. The van der Waals surface area contributed by atoms with E-state index < -0.39 is 12.0 Å². The van der Waals surface area contributed by atoms with Gasteiger partial charge in [-0.05, 0) is 29.9 Å². The van der Waals surface area contributed by atoms with Gasteiger partial charge in [0, 0.05) is 19.6 Å². The number of hydrogen-bond acceptors (Lipinski definition) is 4. The number of carbonyl (C=O) groups is 2. The number of benzene rings is 2. The Balaban J connectivity index is 1.61. The Morgan fingerprint density at radius 1 is 1.00 bits per heavy atom. The topological polar surface area (TPSA) is 55.8 Å². The normalized spacial score (nSPS) is 21.4. The number of esters is 1. The zero-order chi connectivity index (χ0) is 20.2. The fourth-order valence-electron chi connectivity index (χ4n) is 4.01. The van der Waals surface area contributed by atoms with E-state index in [-0.39, 0.29) is 18.0 Å². The number of amides is 1. The monoisotopic (exact) mass is 393 g/mol. The molecule has 2 aromatic carbocycles. The molecule has 0 bridgehead atoms. The molecule has 1 aliphatic carbocycles. The van der Waals surface area contributed by atoms with E-state index in [1.807, 2.05) is 60.7 Å². The van der Waals surface area contributed by atoms with Crippen LogP contribution in [0.5, 0.6) is 0 Å². The Kier molecular flexibility index (Phi) is 5.95. The highest BCUT2D eigenvalue weighted by Crippen LogP contribution is 2.33. The van der Waals surface area contributed by atoms with Gasteiger partial charge >= 0.3 is 5.97 Å². The molecule has 2 aromatic rings. The van der Waals surface area contributed by atoms with Crippen molar-refractivity contribution >= 4 is 11.9 Å². The number of carbonyl (C=O) groups excluding carboxylic acids is 2. The molecule has 1 heterocycles. The van der Waals surface area contributed by atoms with E-state index in [2.05, 4.69) is 0 Å². The van der Waals surface area contributed by atoms with Crippen LogP contribution in [0.15, 0.2) is 60.7 Å². The molecule has 2 atom stereocenters. The molecule has 4 rings (SSSR count). The van der Waals surface area contributed by atoms with Gasteiger partial charge in [-0.25, -0.2) is 4.79 Å². The molecule has 5 heteroatoms. The van der Waals surface area contributed by atoms with Gasteiger partial charge < -0.3 is 14.4 Å². The Morgan fingerprint density at radius 3 is 2.10 bits per heavy atom. The van der Waals surface area contributed by atoms with Crippen LogP contribution in [0, 0.1) is 5.92 Å². The third kappa shape index (κ3) is 4.51. The minimum Gasteiger partial charge on any atom is -0.467 e. The van der Waals surface area contributed by atoms with E-state index in [0.29, 0.717) is 25.5 Å². The van der Waals surface area contributed by atoms with Gasteiger partial charge in [0.1, 0.15) is 6.04 Å². The number of nitrogens with zero attached hydrogens (tertiary/aromatic N) is 1. The maximum Gasteiger partial charge on any atom is 0.328 e. The number of methoxy groups -OCH3 is 1. The fourth-order valence-corrected chi connectivity index (χ4v) is 4.01. The van der Waals surface area contributed by atoms with Crippen molar-refractivity contribution in [3.8, 4) is 0 Å². The number of likely N-dealkylation sites (tertiary alicyclic amines) is 1. The van der Waals surface area contributed by atoms with Crippen molar-refractivity contribution in [1.82, 2.24) is 4.90 Å². The smallest absolute Gasteiger partial charge is 0.328 e. The van der Waals surface area contributed by atoms with Crippen LogP contribution in [-0.4, -0.2) is 49.2 Å². The van der Waals surface area contributed by atoms with Gasteiger partial charge in [0.05, 0.1) is 19.1 Å². The van der Waals surface area contributed by atoms with E-state index in [1.54, 1.807) is 4.90 Å². The van der Waals surface area contributed by atoms with E-state index in [9.17, 15) is 9.59 Å². The van der Waals surface area contributed by atoms with Crippen LogP contribution >= 0.6 is 0 Å². The van der Waals surface area contributed by atoms with Gasteiger partial charge in [-0.1, -0.05) is 60.7 Å². The van der Waals surface area contributed by atoms with E-state index in [4.69, 9.17) is 9.47 Å². The molecule has 2 aliphatic rings. The summed E-state index contributed by atoms with van der Waals surface area (Å²) in [6, 6.07) is 18.8. The highest BCUT2D eigenvalue weighted by molar-refractivity contribution is 5.91. The predicted octanol–water partition coefficient (Wildman–Crippen LogP) is 3.39. The maximum absolute atomic E-state index is 13.7. The van der Waals surface area contributed by atoms with E-state index in [1.165, 1.54) is 20.0 Å². The molecule has 152 valence electrons. The average molecular weight is 393 g/mol. The molecule has 5 nitrogen and oxygen atoms in total. The molecule has 0 N–H and O–H groups in total. The van der Waals surface area contributed by atoms with Crippen LogP contribution in [0.1, 0.15) is 36.3 Å². The summed E-state index contributed by atoms with van der Waals surface area (Å²) in [6.45, 7) is 1.13. The molecule has 29 heavy (non-hydrogen) atoms. The lowest BCUT2D eigenvalue weighted by molar-refractivity contribution is -0.151. The van der Waals surface area contributed by atoms with Crippen molar-refractivity contribution in [2.45, 2.75) is 37.3 Å². The van der Waals surface area contributed by atoms with Crippen molar-refractivity contribution in [1.29, 1.82) is 0 Å². The van der Waals surface area contributed by atoms with Crippen LogP contribution in [0.2, 0.25) is 0 Å². The van der Waals surface area contributed by atoms with Gasteiger partial charge in [0.25, 0.3) is 0 Å². The zero-order valence-corrected chi connectivity index (χ0v) is 16.7.